The lowest BCUT2D eigenvalue weighted by Crippen LogP contribution is -2.36. The number of methoxy groups -OCH3 is 1. The molecule has 1 spiro atoms. The summed E-state index contributed by atoms with van der Waals surface area (Å²) in [4.78, 5) is 45.9. The summed E-state index contributed by atoms with van der Waals surface area (Å²) in [5, 5.41) is 2.81. The third-order valence-corrected chi connectivity index (χ3v) is 7.34. The second-order valence-electron chi connectivity index (χ2n) is 9.16. The van der Waals surface area contributed by atoms with Gasteiger partial charge in [-0.2, -0.15) is 13.2 Å². The molecule has 1 saturated carbocycles. The van der Waals surface area contributed by atoms with E-state index in [0.29, 0.717) is 24.2 Å². The van der Waals surface area contributed by atoms with E-state index < -0.39 is 28.9 Å². The Labute approximate surface area is 226 Å². The van der Waals surface area contributed by atoms with E-state index in [1.807, 2.05) is 12.1 Å². The largest absolute Gasteiger partial charge is 0.497 e. The third-order valence-electron chi connectivity index (χ3n) is 6.60. The lowest BCUT2D eigenvalue weighted by Gasteiger charge is -2.21. The number of imide groups is 1. The van der Waals surface area contributed by atoms with Gasteiger partial charge in [-0.15, -0.1) is 0 Å². The average molecular weight is 557 g/mol. The second-order valence-corrected chi connectivity index (χ2v) is 10.3. The zero-order valence-electron chi connectivity index (χ0n) is 20.7. The van der Waals surface area contributed by atoms with Gasteiger partial charge in [0.05, 0.1) is 12.8 Å². The van der Waals surface area contributed by atoms with Gasteiger partial charge in [0.25, 0.3) is 11.8 Å². The van der Waals surface area contributed by atoms with Crippen molar-refractivity contribution in [2.24, 2.45) is 0 Å². The molecular weight excluding hydrogens is 533 g/mol. The lowest BCUT2D eigenvalue weighted by molar-refractivity contribution is -0.120. The zero-order valence-corrected chi connectivity index (χ0v) is 21.5. The van der Waals surface area contributed by atoms with Gasteiger partial charge >= 0.3 is 11.5 Å². The van der Waals surface area contributed by atoms with Crippen molar-refractivity contribution in [3.8, 4) is 5.75 Å². The lowest BCUT2D eigenvalue weighted by atomic mass is 10.1. The van der Waals surface area contributed by atoms with E-state index in [9.17, 15) is 27.6 Å². The Hall–Kier alpha value is -4.06. The molecule has 0 unspecified atom stereocenters. The Morgan fingerprint density at radius 2 is 1.74 bits per heavy atom. The number of thioether (sulfide) groups is 1. The van der Waals surface area contributed by atoms with Gasteiger partial charge in [-0.05, 0) is 84.3 Å². The molecule has 2 heterocycles. The number of amides is 4. The number of alkyl halides is 3. The molecule has 2 aliphatic rings. The van der Waals surface area contributed by atoms with Gasteiger partial charge in [-0.1, -0.05) is 12.1 Å². The van der Waals surface area contributed by atoms with E-state index in [1.54, 1.807) is 31.4 Å². The van der Waals surface area contributed by atoms with Crippen LogP contribution in [0.5, 0.6) is 5.75 Å². The summed E-state index contributed by atoms with van der Waals surface area (Å²) in [6, 6.07) is 15.1. The van der Waals surface area contributed by atoms with Crippen molar-refractivity contribution in [1.82, 2.24) is 15.2 Å². The number of halogens is 3. The van der Waals surface area contributed by atoms with Crippen LogP contribution in [0.2, 0.25) is 0 Å². The number of carbonyl (C=O) groups excluding carboxylic acids is 3. The summed E-state index contributed by atoms with van der Waals surface area (Å²) < 4.78 is 43.1. The fourth-order valence-electron chi connectivity index (χ4n) is 4.46. The molecule has 1 aliphatic heterocycles. The van der Waals surface area contributed by atoms with Crippen LogP contribution in [0.3, 0.4) is 0 Å². The van der Waals surface area contributed by atoms with Crippen molar-refractivity contribution in [2.75, 3.05) is 12.0 Å². The van der Waals surface area contributed by atoms with Crippen LogP contribution in [0.1, 0.15) is 34.5 Å². The number of rotatable bonds is 8. The van der Waals surface area contributed by atoms with Crippen LogP contribution >= 0.6 is 11.8 Å². The minimum atomic E-state index is -4.44. The maximum Gasteiger partial charge on any atom is 0.446 e. The predicted octanol–water partition coefficient (Wildman–Crippen LogP) is 5.13. The fraction of sp³-hybridized carbons (Fsp3) is 0.259. The molecule has 1 saturated heterocycles. The monoisotopic (exact) mass is 556 g/mol. The number of anilines is 1. The van der Waals surface area contributed by atoms with Crippen molar-refractivity contribution in [2.45, 2.75) is 41.9 Å². The SMILES string of the molecule is COc1ccc(CNC(=O)c2cc(CN3C(=O)N(c4ccc(SC(F)(F)F)cc4)C(=O)C34CC4)ccn2)cc1. The first-order chi connectivity index (χ1) is 18.6. The first-order valence-corrected chi connectivity index (χ1v) is 12.8. The number of aromatic nitrogens is 1. The van der Waals surface area contributed by atoms with Crippen molar-refractivity contribution in [1.29, 1.82) is 0 Å². The maximum atomic E-state index is 13.4. The number of nitrogens with one attached hydrogen (secondary N) is 1. The molecule has 4 amide bonds. The number of carbonyl (C=O) groups is 3. The number of benzene rings is 2. The summed E-state index contributed by atoms with van der Waals surface area (Å²) in [6.07, 6.45) is 2.43. The van der Waals surface area contributed by atoms with Gasteiger partial charge in [-0.25, -0.2) is 9.69 Å². The third kappa shape index (κ3) is 5.56. The number of pyridine rings is 1. The molecule has 202 valence electrons. The van der Waals surface area contributed by atoms with Crippen molar-refractivity contribution >= 4 is 35.3 Å². The molecule has 0 bridgehead atoms. The van der Waals surface area contributed by atoms with Crippen molar-refractivity contribution in [3.63, 3.8) is 0 Å². The fourth-order valence-corrected chi connectivity index (χ4v) is 5.00. The highest BCUT2D eigenvalue weighted by Crippen LogP contribution is 2.50. The summed E-state index contributed by atoms with van der Waals surface area (Å²) >= 11 is -0.267. The smallest absolute Gasteiger partial charge is 0.446 e. The highest BCUT2D eigenvalue weighted by Gasteiger charge is 2.65. The minimum Gasteiger partial charge on any atom is -0.497 e. The van der Waals surface area contributed by atoms with E-state index in [-0.39, 0.29) is 41.1 Å². The molecule has 2 aromatic carbocycles. The summed E-state index contributed by atoms with van der Waals surface area (Å²) in [7, 11) is 1.57. The number of urea groups is 1. The maximum absolute atomic E-state index is 13.4. The Morgan fingerprint density at radius 1 is 1.05 bits per heavy atom. The van der Waals surface area contributed by atoms with Gasteiger partial charge in [0.1, 0.15) is 17.0 Å². The minimum absolute atomic E-state index is 0.0436. The van der Waals surface area contributed by atoms with Crippen LogP contribution in [-0.4, -0.2) is 45.9 Å². The molecule has 1 aliphatic carbocycles. The summed E-state index contributed by atoms with van der Waals surface area (Å²) in [5.74, 6) is -0.0924. The molecule has 0 atom stereocenters. The summed E-state index contributed by atoms with van der Waals surface area (Å²) in [6.45, 7) is 0.358. The molecule has 0 radical (unpaired) electrons. The molecule has 2 fully saturated rings. The normalized spacial score (nSPS) is 16.1. The molecule has 39 heavy (non-hydrogen) atoms. The average Bonchev–Trinajstić information content (AvgIpc) is 3.69. The summed E-state index contributed by atoms with van der Waals surface area (Å²) in [5.41, 5.74) is -3.56. The number of hydrogen-bond donors (Lipinski definition) is 1. The first-order valence-electron chi connectivity index (χ1n) is 12.0. The van der Waals surface area contributed by atoms with E-state index >= 15 is 0 Å². The first kappa shape index (κ1) is 26.5. The van der Waals surface area contributed by atoms with E-state index in [4.69, 9.17) is 4.74 Å². The zero-order chi connectivity index (χ0) is 27.8. The molecule has 5 rings (SSSR count). The quantitative estimate of drug-likeness (QED) is 0.306. The van der Waals surface area contributed by atoms with Gasteiger partial charge < -0.3 is 15.0 Å². The Morgan fingerprint density at radius 3 is 2.36 bits per heavy atom. The molecule has 12 heteroatoms. The molecular formula is C27H23F3N4O4S. The van der Waals surface area contributed by atoms with Gasteiger partial charge in [0.2, 0.25) is 0 Å². The molecule has 3 aromatic rings. The van der Waals surface area contributed by atoms with Crippen LogP contribution in [0.25, 0.3) is 0 Å². The topological polar surface area (TPSA) is 91.8 Å². The highest BCUT2D eigenvalue weighted by molar-refractivity contribution is 8.00. The van der Waals surface area contributed by atoms with E-state index in [1.165, 1.54) is 35.4 Å². The van der Waals surface area contributed by atoms with Gasteiger partial charge in [0.15, 0.2) is 0 Å². The Balaban J connectivity index is 1.28. The van der Waals surface area contributed by atoms with Gasteiger partial charge in [-0.3, -0.25) is 14.6 Å². The highest BCUT2D eigenvalue weighted by atomic mass is 32.2. The Bertz CT molecular complexity index is 1410. The van der Waals surface area contributed by atoms with Crippen LogP contribution in [-0.2, 0) is 17.9 Å². The van der Waals surface area contributed by atoms with E-state index in [2.05, 4.69) is 10.3 Å². The Kier molecular flexibility index (Phi) is 6.98. The van der Waals surface area contributed by atoms with Crippen LogP contribution in [0, 0.1) is 0 Å². The van der Waals surface area contributed by atoms with Crippen LogP contribution in [0.4, 0.5) is 23.7 Å². The standard InChI is InChI=1S/C27H23F3N4O4S/c1-38-20-6-2-17(3-7-20)15-32-23(35)22-14-18(10-13-31-22)16-33-25(37)34(24(36)26(33)11-12-26)19-4-8-21(9-5-19)39-27(28,29)30/h2-10,13-14H,11-12,15-16H2,1H3,(H,32,35). The number of ether oxygens (including phenoxy) is 1. The predicted molar refractivity (Wildman–Crippen MR) is 137 cm³/mol. The van der Waals surface area contributed by atoms with E-state index in [0.717, 1.165) is 10.5 Å². The number of hydrogen-bond acceptors (Lipinski definition) is 6. The second kappa shape index (κ2) is 10.3. The molecule has 1 N–H and O–H groups in total. The van der Waals surface area contributed by atoms with Crippen molar-refractivity contribution < 1.29 is 32.3 Å². The van der Waals surface area contributed by atoms with Crippen LogP contribution in [0.15, 0.2) is 71.8 Å². The molecule has 8 nitrogen and oxygen atoms in total. The molecule has 1 aromatic heterocycles. The number of nitrogens with zero attached hydrogens (tertiary/aromatic N) is 3. The van der Waals surface area contributed by atoms with Crippen LogP contribution < -0.4 is 15.0 Å². The van der Waals surface area contributed by atoms with Crippen molar-refractivity contribution in [3.05, 3.63) is 83.7 Å². The van der Waals surface area contributed by atoms with Gasteiger partial charge in [0, 0.05) is 24.2 Å².